The molecule has 0 aromatic carbocycles. The maximum absolute atomic E-state index is 12.0. The van der Waals surface area contributed by atoms with Crippen molar-refractivity contribution in [3.63, 3.8) is 0 Å². The molecule has 2 heterocycles. The summed E-state index contributed by atoms with van der Waals surface area (Å²) < 4.78 is 4.55. The first-order valence-corrected chi connectivity index (χ1v) is 7.15. The zero-order chi connectivity index (χ0) is 15.1. The fourth-order valence-corrected chi connectivity index (χ4v) is 2.37. The lowest BCUT2D eigenvalue weighted by Gasteiger charge is -2.34. The molecule has 6 heteroatoms. The van der Waals surface area contributed by atoms with Gasteiger partial charge in [-0.1, -0.05) is 0 Å². The van der Waals surface area contributed by atoms with Crippen LogP contribution in [-0.2, 0) is 20.9 Å². The van der Waals surface area contributed by atoms with Crippen LogP contribution in [0.15, 0.2) is 24.5 Å². The number of aromatic nitrogens is 1. The van der Waals surface area contributed by atoms with Gasteiger partial charge in [0.2, 0.25) is 5.91 Å². The first kappa shape index (κ1) is 15.4. The van der Waals surface area contributed by atoms with Gasteiger partial charge >= 0.3 is 5.97 Å². The second-order valence-corrected chi connectivity index (χ2v) is 5.09. The predicted octanol–water partition coefficient (Wildman–Crippen LogP) is 0.679. The van der Waals surface area contributed by atoms with Crippen molar-refractivity contribution < 1.29 is 14.3 Å². The Kier molecular flexibility index (Phi) is 5.68. The topological polar surface area (TPSA) is 62.7 Å². The van der Waals surface area contributed by atoms with Gasteiger partial charge in [0.15, 0.2) is 0 Å². The van der Waals surface area contributed by atoms with Crippen LogP contribution in [0.25, 0.3) is 0 Å². The summed E-state index contributed by atoms with van der Waals surface area (Å²) in [5, 5.41) is 0. The molecule has 21 heavy (non-hydrogen) atoms. The third-order valence-corrected chi connectivity index (χ3v) is 3.65. The van der Waals surface area contributed by atoms with Gasteiger partial charge in [-0.15, -0.1) is 0 Å². The molecule has 0 aliphatic carbocycles. The zero-order valence-corrected chi connectivity index (χ0v) is 12.3. The molecule has 1 saturated heterocycles. The highest BCUT2D eigenvalue weighted by atomic mass is 16.5. The molecular formula is C15H21N3O3. The molecule has 6 nitrogen and oxygen atoms in total. The number of amides is 1. The van der Waals surface area contributed by atoms with Gasteiger partial charge in [-0.2, -0.15) is 0 Å². The Balaban J connectivity index is 1.72. The Morgan fingerprint density at radius 2 is 1.81 bits per heavy atom. The van der Waals surface area contributed by atoms with Gasteiger partial charge in [-0.05, 0) is 17.7 Å². The summed E-state index contributed by atoms with van der Waals surface area (Å²) in [6.07, 6.45) is 3.98. The van der Waals surface area contributed by atoms with Crippen LogP contribution >= 0.6 is 0 Å². The average molecular weight is 291 g/mol. The second kappa shape index (κ2) is 7.73. The molecule has 1 aliphatic heterocycles. The van der Waals surface area contributed by atoms with Crippen LogP contribution in [0.1, 0.15) is 18.4 Å². The van der Waals surface area contributed by atoms with Crippen LogP contribution in [0.4, 0.5) is 0 Å². The van der Waals surface area contributed by atoms with Crippen molar-refractivity contribution in [3.05, 3.63) is 30.1 Å². The van der Waals surface area contributed by atoms with Crippen LogP contribution < -0.4 is 0 Å². The monoisotopic (exact) mass is 291 g/mol. The van der Waals surface area contributed by atoms with Crippen LogP contribution in [0, 0.1) is 0 Å². The maximum atomic E-state index is 12.0. The van der Waals surface area contributed by atoms with E-state index in [2.05, 4.69) is 14.6 Å². The van der Waals surface area contributed by atoms with Gasteiger partial charge in [-0.25, -0.2) is 0 Å². The lowest BCUT2D eigenvalue weighted by Crippen LogP contribution is -2.48. The van der Waals surface area contributed by atoms with Crippen LogP contribution in [0.2, 0.25) is 0 Å². The van der Waals surface area contributed by atoms with E-state index in [1.54, 1.807) is 12.4 Å². The molecule has 0 bridgehead atoms. The van der Waals surface area contributed by atoms with Crippen molar-refractivity contribution >= 4 is 11.9 Å². The van der Waals surface area contributed by atoms with Gasteiger partial charge in [0.25, 0.3) is 0 Å². The molecule has 1 fully saturated rings. The molecule has 1 aromatic rings. The van der Waals surface area contributed by atoms with E-state index in [1.807, 2.05) is 17.0 Å². The fourth-order valence-electron chi connectivity index (χ4n) is 2.37. The van der Waals surface area contributed by atoms with Crippen LogP contribution in [-0.4, -0.2) is 59.9 Å². The first-order valence-electron chi connectivity index (χ1n) is 7.15. The largest absolute Gasteiger partial charge is 0.469 e. The van der Waals surface area contributed by atoms with Gasteiger partial charge in [-0.3, -0.25) is 19.5 Å². The molecule has 0 radical (unpaired) electrons. The summed E-state index contributed by atoms with van der Waals surface area (Å²) in [6, 6.07) is 4.02. The summed E-state index contributed by atoms with van der Waals surface area (Å²) in [4.78, 5) is 31.2. The molecule has 0 atom stereocenters. The minimum Gasteiger partial charge on any atom is -0.469 e. The molecule has 0 spiro atoms. The molecule has 1 amide bonds. The number of hydrogen-bond acceptors (Lipinski definition) is 5. The smallest absolute Gasteiger partial charge is 0.306 e. The van der Waals surface area contributed by atoms with E-state index in [0.717, 1.165) is 19.6 Å². The Morgan fingerprint density at radius 3 is 2.43 bits per heavy atom. The number of rotatable bonds is 5. The lowest BCUT2D eigenvalue weighted by molar-refractivity contribution is -0.144. The normalized spacial score (nSPS) is 15.8. The van der Waals surface area contributed by atoms with Crippen molar-refractivity contribution in [1.82, 2.24) is 14.8 Å². The minimum absolute atomic E-state index is 0.0314. The molecule has 1 aliphatic rings. The molecule has 0 unspecified atom stereocenters. The van der Waals surface area contributed by atoms with Crippen molar-refractivity contribution in [2.24, 2.45) is 0 Å². The molecule has 114 valence electrons. The predicted molar refractivity (Wildman–Crippen MR) is 77.3 cm³/mol. The number of nitrogens with zero attached hydrogens (tertiary/aromatic N) is 3. The quantitative estimate of drug-likeness (QED) is 0.747. The van der Waals surface area contributed by atoms with Crippen molar-refractivity contribution in [2.45, 2.75) is 19.4 Å². The second-order valence-electron chi connectivity index (χ2n) is 5.09. The number of methoxy groups -OCH3 is 1. The van der Waals surface area contributed by atoms with Gasteiger partial charge < -0.3 is 9.64 Å². The number of carbonyl (C=O) groups is 2. The fraction of sp³-hybridized carbons (Fsp3) is 0.533. The van der Waals surface area contributed by atoms with Gasteiger partial charge in [0.05, 0.1) is 13.5 Å². The molecule has 2 rings (SSSR count). The molecule has 0 saturated carbocycles. The molecule has 0 N–H and O–H groups in total. The maximum Gasteiger partial charge on any atom is 0.306 e. The van der Waals surface area contributed by atoms with E-state index in [9.17, 15) is 9.59 Å². The van der Waals surface area contributed by atoms with Crippen molar-refractivity contribution in [2.75, 3.05) is 33.3 Å². The average Bonchev–Trinajstić information content (AvgIpc) is 2.54. The number of carbonyl (C=O) groups excluding carboxylic acids is 2. The molecule has 1 aromatic heterocycles. The Labute approximate surface area is 124 Å². The molecular weight excluding hydrogens is 270 g/mol. The van der Waals surface area contributed by atoms with Crippen LogP contribution in [0.5, 0.6) is 0 Å². The number of hydrogen-bond donors (Lipinski definition) is 0. The standard InChI is InChI=1S/C15H21N3O3/c1-21-15(20)3-2-14(19)18-10-8-17(9-11-18)12-13-4-6-16-7-5-13/h4-7H,2-3,8-12H2,1H3. The Bertz CT molecular complexity index is 470. The van der Waals surface area contributed by atoms with Crippen molar-refractivity contribution in [3.8, 4) is 0 Å². The highest BCUT2D eigenvalue weighted by Crippen LogP contribution is 2.09. The summed E-state index contributed by atoms with van der Waals surface area (Å²) in [7, 11) is 1.34. The summed E-state index contributed by atoms with van der Waals surface area (Å²) in [6.45, 7) is 4.02. The van der Waals surface area contributed by atoms with E-state index in [-0.39, 0.29) is 24.7 Å². The van der Waals surface area contributed by atoms with Gasteiger partial charge in [0, 0.05) is 51.5 Å². The SMILES string of the molecule is COC(=O)CCC(=O)N1CCN(Cc2ccncc2)CC1. The Hall–Kier alpha value is -1.95. The number of pyridine rings is 1. The highest BCUT2D eigenvalue weighted by Gasteiger charge is 2.21. The third-order valence-electron chi connectivity index (χ3n) is 3.65. The first-order chi connectivity index (χ1) is 10.2. The summed E-state index contributed by atoms with van der Waals surface area (Å²) in [5.41, 5.74) is 1.23. The Morgan fingerprint density at radius 1 is 1.14 bits per heavy atom. The number of ether oxygens (including phenoxy) is 1. The van der Waals surface area contributed by atoms with Gasteiger partial charge in [0.1, 0.15) is 0 Å². The summed E-state index contributed by atoms with van der Waals surface area (Å²) >= 11 is 0. The van der Waals surface area contributed by atoms with E-state index in [4.69, 9.17) is 0 Å². The van der Waals surface area contributed by atoms with Crippen LogP contribution in [0.3, 0.4) is 0 Å². The van der Waals surface area contributed by atoms with E-state index in [0.29, 0.717) is 13.1 Å². The third kappa shape index (κ3) is 4.82. The summed E-state index contributed by atoms with van der Waals surface area (Å²) in [5.74, 6) is -0.302. The minimum atomic E-state index is -0.334. The lowest BCUT2D eigenvalue weighted by atomic mass is 10.2. The number of esters is 1. The zero-order valence-electron chi connectivity index (χ0n) is 12.3. The highest BCUT2D eigenvalue weighted by molar-refractivity contribution is 5.81. The van der Waals surface area contributed by atoms with Crippen molar-refractivity contribution in [1.29, 1.82) is 0 Å². The van der Waals surface area contributed by atoms with E-state index in [1.165, 1.54) is 12.7 Å². The number of piperazine rings is 1. The van der Waals surface area contributed by atoms with E-state index >= 15 is 0 Å². The van der Waals surface area contributed by atoms with E-state index < -0.39 is 0 Å².